The summed E-state index contributed by atoms with van der Waals surface area (Å²) in [5, 5.41) is 18.3. The van der Waals surface area contributed by atoms with Crippen LogP contribution in [0.5, 0.6) is 0 Å². The van der Waals surface area contributed by atoms with Crippen molar-refractivity contribution in [2.24, 2.45) is 7.05 Å². The van der Waals surface area contributed by atoms with Crippen LogP contribution in [0.3, 0.4) is 0 Å². The van der Waals surface area contributed by atoms with Crippen molar-refractivity contribution >= 4 is 5.91 Å². The zero-order valence-corrected chi connectivity index (χ0v) is 16.1. The fourth-order valence-corrected chi connectivity index (χ4v) is 3.81. The summed E-state index contributed by atoms with van der Waals surface area (Å²) in [4.78, 5) is 14.6. The number of ether oxygens (including phenoxy) is 1. The molecule has 7 heteroatoms. The maximum absolute atomic E-state index is 12.3. The molecule has 0 saturated carbocycles. The van der Waals surface area contributed by atoms with Crippen LogP contribution in [0.15, 0.2) is 42.7 Å². The Morgan fingerprint density at radius 3 is 2.78 bits per heavy atom. The van der Waals surface area contributed by atoms with Crippen molar-refractivity contribution in [3.05, 3.63) is 53.9 Å². The van der Waals surface area contributed by atoms with Crippen LogP contribution in [0.1, 0.15) is 30.5 Å². The van der Waals surface area contributed by atoms with Gasteiger partial charge in [0.1, 0.15) is 6.61 Å². The van der Waals surface area contributed by atoms with Crippen molar-refractivity contribution < 1.29 is 14.6 Å². The third-order valence-corrected chi connectivity index (χ3v) is 5.16. The van der Waals surface area contributed by atoms with Crippen LogP contribution in [0.2, 0.25) is 0 Å². The Morgan fingerprint density at radius 2 is 2.15 bits per heavy atom. The molecular formula is C20H28N4O3. The van der Waals surface area contributed by atoms with E-state index in [9.17, 15) is 9.90 Å². The van der Waals surface area contributed by atoms with Crippen molar-refractivity contribution in [1.29, 1.82) is 0 Å². The molecule has 0 radical (unpaired) electrons. The molecular weight excluding hydrogens is 344 g/mol. The third kappa shape index (κ3) is 4.55. The molecule has 3 atom stereocenters. The lowest BCUT2D eigenvalue weighted by atomic mass is 9.79. The topological polar surface area (TPSA) is 79.6 Å². The summed E-state index contributed by atoms with van der Waals surface area (Å²) in [5.74, 6) is -0.230. The van der Waals surface area contributed by atoms with Gasteiger partial charge in [-0.05, 0) is 18.9 Å². The number of hydrogen-bond donors (Lipinski definition) is 2. The zero-order chi connectivity index (χ0) is 19.4. The highest BCUT2D eigenvalue weighted by Crippen LogP contribution is 2.37. The molecule has 1 amide bonds. The number of carbonyl (C=O) groups excluding carboxylic acids is 1. The molecule has 1 aromatic heterocycles. The van der Waals surface area contributed by atoms with E-state index >= 15 is 0 Å². The molecule has 7 nitrogen and oxygen atoms in total. The number of amides is 1. The average molecular weight is 372 g/mol. The van der Waals surface area contributed by atoms with Gasteiger partial charge < -0.3 is 15.2 Å². The van der Waals surface area contributed by atoms with Crippen molar-refractivity contribution in [3.63, 3.8) is 0 Å². The second kappa shape index (κ2) is 8.21. The highest BCUT2D eigenvalue weighted by molar-refractivity contribution is 5.77. The lowest BCUT2D eigenvalue weighted by Crippen LogP contribution is -2.62. The highest BCUT2D eigenvalue weighted by Gasteiger charge is 2.46. The molecule has 1 aromatic carbocycles. The summed E-state index contributed by atoms with van der Waals surface area (Å²) in [6.07, 6.45) is 4.41. The molecule has 1 fully saturated rings. The van der Waals surface area contributed by atoms with Crippen LogP contribution in [0.4, 0.5) is 0 Å². The quantitative estimate of drug-likeness (QED) is 0.798. The molecule has 146 valence electrons. The summed E-state index contributed by atoms with van der Waals surface area (Å²) in [6, 6.07) is 9.40. The first kappa shape index (κ1) is 19.5. The first-order valence-corrected chi connectivity index (χ1v) is 9.18. The number of aromatic nitrogens is 2. The number of benzene rings is 1. The maximum Gasteiger partial charge on any atom is 0.246 e. The highest BCUT2D eigenvalue weighted by atomic mass is 16.5. The smallest absolute Gasteiger partial charge is 0.246 e. The lowest BCUT2D eigenvalue weighted by Gasteiger charge is -2.49. The standard InChI is InChI=1S/C20H28N4O3/c1-20(26)9-10-24(13-15-11-21-23(2)12-15)18(16-7-5-4-6-8-16)19(20)22-17(25)14-27-3/h4-8,11-12,18-19,26H,9-10,13-14H2,1-3H3,(H,22,25)/t18-,19-,20+/m0/s1. The van der Waals surface area contributed by atoms with Gasteiger partial charge in [0.05, 0.1) is 23.9 Å². The molecule has 2 aromatic rings. The molecule has 0 unspecified atom stereocenters. The van der Waals surface area contributed by atoms with Gasteiger partial charge >= 0.3 is 0 Å². The van der Waals surface area contributed by atoms with Crippen LogP contribution < -0.4 is 5.32 Å². The lowest BCUT2D eigenvalue weighted by molar-refractivity contribution is -0.132. The van der Waals surface area contributed by atoms with Gasteiger partial charge in [-0.3, -0.25) is 14.4 Å². The fraction of sp³-hybridized carbons (Fsp3) is 0.500. The summed E-state index contributed by atoms with van der Waals surface area (Å²) >= 11 is 0. The van der Waals surface area contributed by atoms with Gasteiger partial charge in [0.2, 0.25) is 5.91 Å². The Balaban J connectivity index is 1.93. The van der Waals surface area contributed by atoms with Gasteiger partial charge in [0, 0.05) is 39.0 Å². The molecule has 2 heterocycles. The molecule has 0 aliphatic carbocycles. The molecule has 1 aliphatic rings. The normalized spacial score (nSPS) is 26.1. The minimum Gasteiger partial charge on any atom is -0.388 e. The number of rotatable bonds is 6. The minimum absolute atomic E-state index is 0.0311. The van der Waals surface area contributed by atoms with E-state index in [1.807, 2.05) is 49.8 Å². The van der Waals surface area contributed by atoms with Gasteiger partial charge in [-0.25, -0.2) is 0 Å². The number of piperidine rings is 1. The molecule has 2 N–H and O–H groups in total. The van der Waals surface area contributed by atoms with Crippen molar-refractivity contribution in [2.75, 3.05) is 20.3 Å². The van der Waals surface area contributed by atoms with E-state index in [-0.39, 0.29) is 18.6 Å². The Morgan fingerprint density at radius 1 is 1.41 bits per heavy atom. The average Bonchev–Trinajstić information content (AvgIpc) is 3.04. The van der Waals surface area contributed by atoms with Crippen LogP contribution in [0.25, 0.3) is 0 Å². The van der Waals surface area contributed by atoms with Crippen LogP contribution >= 0.6 is 0 Å². The van der Waals surface area contributed by atoms with E-state index in [4.69, 9.17) is 4.74 Å². The summed E-state index contributed by atoms with van der Waals surface area (Å²) in [5.41, 5.74) is 1.14. The van der Waals surface area contributed by atoms with Crippen LogP contribution in [-0.4, -0.2) is 57.6 Å². The van der Waals surface area contributed by atoms with Gasteiger partial charge in [0.15, 0.2) is 0 Å². The third-order valence-electron chi connectivity index (χ3n) is 5.16. The summed E-state index contributed by atoms with van der Waals surface area (Å²) in [6.45, 7) is 3.18. The Bertz CT molecular complexity index is 760. The SMILES string of the molecule is COCC(=O)N[C@H]1[C@H](c2ccccc2)N(Cc2cnn(C)c2)CC[C@@]1(C)O. The molecule has 3 rings (SSSR count). The van der Waals surface area contributed by atoms with Gasteiger partial charge in [-0.15, -0.1) is 0 Å². The second-order valence-electron chi connectivity index (χ2n) is 7.43. The minimum atomic E-state index is -1.02. The largest absolute Gasteiger partial charge is 0.388 e. The number of carbonyl (C=O) groups is 1. The van der Waals surface area contributed by atoms with Gasteiger partial charge in [-0.2, -0.15) is 5.10 Å². The second-order valence-corrected chi connectivity index (χ2v) is 7.43. The maximum atomic E-state index is 12.3. The van der Waals surface area contributed by atoms with Crippen molar-refractivity contribution in [2.45, 2.75) is 37.6 Å². The number of nitrogens with one attached hydrogen (secondary N) is 1. The Kier molecular flexibility index (Phi) is 5.94. The van der Waals surface area contributed by atoms with Gasteiger partial charge in [-0.1, -0.05) is 30.3 Å². The van der Waals surface area contributed by atoms with Crippen molar-refractivity contribution in [3.8, 4) is 0 Å². The van der Waals surface area contributed by atoms with E-state index in [2.05, 4.69) is 15.3 Å². The molecule has 27 heavy (non-hydrogen) atoms. The van der Waals surface area contributed by atoms with E-state index in [0.29, 0.717) is 13.0 Å². The summed E-state index contributed by atoms with van der Waals surface area (Å²) in [7, 11) is 3.38. The van der Waals surface area contributed by atoms with Crippen molar-refractivity contribution in [1.82, 2.24) is 20.0 Å². The predicted octanol–water partition coefficient (Wildman–Crippen LogP) is 1.25. The monoisotopic (exact) mass is 372 g/mol. The number of methoxy groups -OCH3 is 1. The Labute approximate surface area is 159 Å². The fourth-order valence-electron chi connectivity index (χ4n) is 3.81. The van der Waals surface area contributed by atoms with E-state index in [1.54, 1.807) is 11.6 Å². The first-order valence-electron chi connectivity index (χ1n) is 9.18. The number of aliphatic hydroxyl groups is 1. The van der Waals surface area contributed by atoms with Crippen LogP contribution in [0, 0.1) is 0 Å². The molecule has 1 aliphatic heterocycles. The predicted molar refractivity (Wildman–Crippen MR) is 102 cm³/mol. The van der Waals surface area contributed by atoms with E-state index in [0.717, 1.165) is 17.7 Å². The number of hydrogen-bond acceptors (Lipinski definition) is 5. The number of likely N-dealkylation sites (tertiary alicyclic amines) is 1. The Hall–Kier alpha value is -2.22. The molecule has 0 bridgehead atoms. The summed E-state index contributed by atoms with van der Waals surface area (Å²) < 4.78 is 6.74. The van der Waals surface area contributed by atoms with E-state index in [1.165, 1.54) is 7.11 Å². The number of nitrogens with zero attached hydrogens (tertiary/aromatic N) is 3. The van der Waals surface area contributed by atoms with Gasteiger partial charge in [0.25, 0.3) is 0 Å². The molecule has 0 spiro atoms. The van der Waals surface area contributed by atoms with Crippen LogP contribution in [-0.2, 0) is 23.1 Å². The first-order chi connectivity index (χ1) is 12.9. The molecule has 1 saturated heterocycles. The van der Waals surface area contributed by atoms with E-state index < -0.39 is 11.6 Å². The number of aryl methyl sites for hydroxylation is 1. The zero-order valence-electron chi connectivity index (χ0n) is 16.1.